The van der Waals surface area contributed by atoms with Crippen molar-refractivity contribution >= 4 is 11.5 Å². The number of hydrogen-bond donors (Lipinski definition) is 3. The lowest BCUT2D eigenvalue weighted by Crippen LogP contribution is -2.16. The Morgan fingerprint density at radius 2 is 2.40 bits per heavy atom. The highest BCUT2D eigenvalue weighted by Crippen LogP contribution is 2.33. The van der Waals surface area contributed by atoms with Crippen molar-refractivity contribution in [2.24, 2.45) is 5.92 Å². The van der Waals surface area contributed by atoms with Crippen LogP contribution in [0.25, 0.3) is 0 Å². The maximum Gasteiger partial charge on any atom is 0.276 e. The van der Waals surface area contributed by atoms with Gasteiger partial charge in [0.15, 0.2) is 5.82 Å². The van der Waals surface area contributed by atoms with Crippen LogP contribution in [0.5, 0.6) is 0 Å². The Morgan fingerprint density at radius 3 is 3.13 bits per heavy atom. The maximum absolute atomic E-state index is 11.1. The van der Waals surface area contributed by atoms with Crippen molar-refractivity contribution in [2.45, 2.75) is 25.7 Å². The molecule has 0 aliphatic heterocycles. The van der Waals surface area contributed by atoms with E-state index in [1.165, 1.54) is 25.6 Å². The second kappa shape index (κ2) is 4.33. The van der Waals surface area contributed by atoms with Crippen LogP contribution in [0.4, 0.5) is 11.5 Å². The average molecular weight is 208 g/mol. The molecule has 2 rings (SSSR count). The fourth-order valence-corrected chi connectivity index (χ4v) is 1.56. The van der Waals surface area contributed by atoms with E-state index < -0.39 is 0 Å². The summed E-state index contributed by atoms with van der Waals surface area (Å²) in [6.45, 7) is 0.831. The number of nitrogens with two attached hydrogens (primary N) is 1. The highest BCUT2D eigenvalue weighted by Gasteiger charge is 2.19. The number of hydrogen-bond acceptors (Lipinski definition) is 4. The van der Waals surface area contributed by atoms with Gasteiger partial charge in [0.05, 0.1) is 6.33 Å². The third-order valence-electron chi connectivity index (χ3n) is 2.67. The highest BCUT2D eigenvalue weighted by atomic mass is 16.1. The smallest absolute Gasteiger partial charge is 0.276 e. The monoisotopic (exact) mass is 208 g/mol. The molecule has 1 fully saturated rings. The van der Waals surface area contributed by atoms with Crippen molar-refractivity contribution in [3.05, 3.63) is 16.7 Å². The van der Waals surface area contributed by atoms with Gasteiger partial charge < -0.3 is 16.0 Å². The standard InChI is InChI=1S/C10H16N4O/c11-8-9(13-6-14-10(8)15)12-5-1-2-7-3-4-7/h6-7H,1-5,11H2,(H2,12,13,14,15). The quantitative estimate of drug-likeness (QED) is 0.629. The summed E-state index contributed by atoms with van der Waals surface area (Å²) in [6, 6.07) is 0. The maximum atomic E-state index is 11.1. The Labute approximate surface area is 88.1 Å². The Bertz CT molecular complexity index is 383. The molecule has 0 radical (unpaired) electrons. The number of anilines is 2. The summed E-state index contributed by atoms with van der Waals surface area (Å²) in [5, 5.41) is 3.08. The van der Waals surface area contributed by atoms with Crippen LogP contribution in [0.2, 0.25) is 0 Å². The zero-order valence-electron chi connectivity index (χ0n) is 8.62. The van der Waals surface area contributed by atoms with E-state index >= 15 is 0 Å². The second-order valence-corrected chi connectivity index (χ2v) is 4.01. The van der Waals surface area contributed by atoms with Crippen LogP contribution >= 0.6 is 0 Å². The molecule has 0 amide bonds. The fraction of sp³-hybridized carbons (Fsp3) is 0.600. The Hall–Kier alpha value is -1.52. The molecule has 1 aromatic heterocycles. The molecule has 0 saturated heterocycles. The second-order valence-electron chi connectivity index (χ2n) is 4.01. The third-order valence-corrected chi connectivity index (χ3v) is 2.67. The molecule has 5 heteroatoms. The van der Waals surface area contributed by atoms with Crippen molar-refractivity contribution in [1.29, 1.82) is 0 Å². The van der Waals surface area contributed by atoms with Crippen molar-refractivity contribution in [1.82, 2.24) is 9.97 Å². The van der Waals surface area contributed by atoms with Crippen LogP contribution < -0.4 is 16.6 Å². The van der Waals surface area contributed by atoms with Gasteiger partial charge in [-0.2, -0.15) is 0 Å². The van der Waals surface area contributed by atoms with Gasteiger partial charge in [0.25, 0.3) is 5.56 Å². The van der Waals surface area contributed by atoms with Gasteiger partial charge in [-0.3, -0.25) is 4.79 Å². The molecule has 1 aliphatic rings. The Morgan fingerprint density at radius 1 is 1.60 bits per heavy atom. The van der Waals surface area contributed by atoms with Crippen LogP contribution in [-0.2, 0) is 0 Å². The summed E-state index contributed by atoms with van der Waals surface area (Å²) >= 11 is 0. The normalized spacial score (nSPS) is 15.2. The first kappa shape index (κ1) is 10.0. The van der Waals surface area contributed by atoms with Crippen molar-refractivity contribution in [3.63, 3.8) is 0 Å². The predicted molar refractivity (Wildman–Crippen MR) is 59.7 cm³/mol. The lowest BCUT2D eigenvalue weighted by atomic mass is 10.2. The van der Waals surface area contributed by atoms with Crippen LogP contribution in [0.3, 0.4) is 0 Å². The first-order chi connectivity index (χ1) is 7.27. The first-order valence-corrected chi connectivity index (χ1v) is 5.34. The minimum absolute atomic E-state index is 0.170. The molecule has 1 saturated carbocycles. The van der Waals surface area contributed by atoms with E-state index in [2.05, 4.69) is 15.3 Å². The van der Waals surface area contributed by atoms with Crippen molar-refractivity contribution < 1.29 is 0 Å². The van der Waals surface area contributed by atoms with Crippen LogP contribution in [0.1, 0.15) is 25.7 Å². The molecule has 82 valence electrons. The number of nitrogens with one attached hydrogen (secondary N) is 2. The summed E-state index contributed by atoms with van der Waals surface area (Å²) < 4.78 is 0. The molecule has 1 heterocycles. The van der Waals surface area contributed by atoms with Gasteiger partial charge in [-0.05, 0) is 18.8 Å². The van der Waals surface area contributed by atoms with Crippen molar-refractivity contribution in [2.75, 3.05) is 17.6 Å². The predicted octanol–water partition coefficient (Wildman–Crippen LogP) is 0.954. The SMILES string of the molecule is Nc1c(NCCCC2CC2)nc[nH]c1=O. The van der Waals surface area contributed by atoms with Crippen LogP contribution in [-0.4, -0.2) is 16.5 Å². The van der Waals surface area contributed by atoms with Gasteiger partial charge in [0, 0.05) is 6.54 Å². The van der Waals surface area contributed by atoms with Gasteiger partial charge >= 0.3 is 0 Å². The van der Waals surface area contributed by atoms with E-state index in [-0.39, 0.29) is 11.2 Å². The van der Waals surface area contributed by atoms with Crippen LogP contribution in [0.15, 0.2) is 11.1 Å². The Balaban J connectivity index is 1.81. The number of aromatic amines is 1. The molecule has 0 spiro atoms. The molecule has 1 aliphatic carbocycles. The average Bonchev–Trinajstić information content (AvgIpc) is 3.02. The summed E-state index contributed by atoms with van der Waals surface area (Å²) in [6.07, 6.45) is 6.49. The first-order valence-electron chi connectivity index (χ1n) is 5.34. The minimum atomic E-state index is -0.283. The Kier molecular flexibility index (Phi) is 2.89. The zero-order chi connectivity index (χ0) is 10.7. The zero-order valence-corrected chi connectivity index (χ0v) is 8.62. The number of nitrogen functional groups attached to an aromatic ring is 1. The van der Waals surface area contributed by atoms with Gasteiger partial charge in [-0.15, -0.1) is 0 Å². The summed E-state index contributed by atoms with van der Waals surface area (Å²) in [5.74, 6) is 1.44. The molecular formula is C10H16N4O. The number of nitrogens with zero attached hydrogens (tertiary/aromatic N) is 1. The molecule has 0 unspecified atom stereocenters. The highest BCUT2D eigenvalue weighted by molar-refractivity contribution is 5.58. The van der Waals surface area contributed by atoms with E-state index in [9.17, 15) is 4.79 Å². The number of rotatable bonds is 5. The van der Waals surface area contributed by atoms with E-state index in [1.54, 1.807) is 0 Å². The van der Waals surface area contributed by atoms with E-state index in [0.717, 1.165) is 18.9 Å². The fourth-order valence-electron chi connectivity index (χ4n) is 1.56. The largest absolute Gasteiger partial charge is 0.391 e. The molecule has 15 heavy (non-hydrogen) atoms. The van der Waals surface area contributed by atoms with Gasteiger partial charge in [0.2, 0.25) is 0 Å². The lowest BCUT2D eigenvalue weighted by molar-refractivity contribution is 0.686. The molecule has 0 bridgehead atoms. The summed E-state index contributed by atoms with van der Waals surface area (Å²) in [5.41, 5.74) is 5.46. The summed E-state index contributed by atoms with van der Waals surface area (Å²) in [7, 11) is 0. The number of aromatic nitrogens is 2. The van der Waals surface area contributed by atoms with E-state index in [4.69, 9.17) is 5.73 Å². The lowest BCUT2D eigenvalue weighted by Gasteiger charge is -2.06. The van der Waals surface area contributed by atoms with Gasteiger partial charge in [-0.25, -0.2) is 4.98 Å². The summed E-state index contributed by atoms with van der Waals surface area (Å²) in [4.78, 5) is 17.5. The van der Waals surface area contributed by atoms with Crippen molar-refractivity contribution in [3.8, 4) is 0 Å². The molecule has 1 aromatic rings. The topological polar surface area (TPSA) is 83.8 Å². The molecule has 0 atom stereocenters. The van der Waals surface area contributed by atoms with Gasteiger partial charge in [0.1, 0.15) is 5.69 Å². The van der Waals surface area contributed by atoms with Gasteiger partial charge in [-0.1, -0.05) is 12.8 Å². The van der Waals surface area contributed by atoms with E-state index in [1.807, 2.05) is 0 Å². The number of H-pyrrole nitrogens is 1. The van der Waals surface area contributed by atoms with E-state index in [0.29, 0.717) is 5.82 Å². The molecule has 4 N–H and O–H groups in total. The third kappa shape index (κ3) is 2.71. The van der Waals surface area contributed by atoms with Crippen LogP contribution in [0, 0.1) is 5.92 Å². The molecule has 5 nitrogen and oxygen atoms in total. The molecule has 0 aromatic carbocycles. The minimum Gasteiger partial charge on any atom is -0.391 e. The molecular weight excluding hydrogens is 192 g/mol.